The summed E-state index contributed by atoms with van der Waals surface area (Å²) in [4.78, 5) is 48.4. The third-order valence-electron chi connectivity index (χ3n) is 5.28. The third kappa shape index (κ3) is 11.5. The number of carbonyl (C=O) groups excluding carboxylic acids is 4. The number of benzene rings is 1. The van der Waals surface area contributed by atoms with E-state index in [1.807, 2.05) is 20.8 Å². The molecule has 11 heteroatoms. The lowest BCUT2D eigenvalue weighted by Crippen LogP contribution is -2.40. The normalized spacial score (nSPS) is 13.9. The van der Waals surface area contributed by atoms with Crippen LogP contribution in [0.3, 0.4) is 0 Å². The molecule has 1 aromatic carbocycles. The van der Waals surface area contributed by atoms with Crippen LogP contribution in [0, 0.1) is 5.92 Å². The first-order valence-corrected chi connectivity index (χ1v) is 12.5. The van der Waals surface area contributed by atoms with Crippen LogP contribution in [-0.2, 0) is 35.0 Å². The molecule has 0 amide bonds. The Morgan fingerprint density at radius 3 is 1.81 bits per heavy atom. The van der Waals surface area contributed by atoms with E-state index in [9.17, 15) is 19.2 Å². The molecule has 0 aliphatic heterocycles. The summed E-state index contributed by atoms with van der Waals surface area (Å²) >= 11 is 0. The molecule has 0 saturated heterocycles. The minimum atomic E-state index is -1.07. The van der Waals surface area contributed by atoms with Gasteiger partial charge in [-0.3, -0.25) is 9.59 Å². The summed E-state index contributed by atoms with van der Waals surface area (Å²) in [6, 6.07) is 3.28. The number of rotatable bonds is 14. The van der Waals surface area contributed by atoms with E-state index < -0.39 is 36.5 Å². The van der Waals surface area contributed by atoms with Crippen LogP contribution >= 0.6 is 0 Å². The van der Waals surface area contributed by atoms with Gasteiger partial charge in [-0.2, -0.15) is 0 Å². The van der Waals surface area contributed by atoms with E-state index in [1.54, 1.807) is 26.8 Å². The summed E-state index contributed by atoms with van der Waals surface area (Å²) in [5.41, 5.74) is 6.54. The fourth-order valence-corrected chi connectivity index (χ4v) is 2.72. The van der Waals surface area contributed by atoms with Gasteiger partial charge in [-0.05, 0) is 57.2 Å². The summed E-state index contributed by atoms with van der Waals surface area (Å²) in [6.45, 7) is 10.8. The Bertz CT molecular complexity index is 903. The van der Waals surface area contributed by atoms with Crippen LogP contribution in [0.5, 0.6) is 11.5 Å². The Morgan fingerprint density at radius 2 is 1.30 bits per heavy atom. The van der Waals surface area contributed by atoms with Crippen molar-refractivity contribution in [2.45, 2.75) is 85.5 Å². The molecule has 0 heterocycles. The molecule has 0 spiro atoms. The van der Waals surface area contributed by atoms with E-state index in [1.165, 1.54) is 12.1 Å². The van der Waals surface area contributed by atoms with Gasteiger partial charge in [0.25, 0.3) is 0 Å². The first-order valence-electron chi connectivity index (χ1n) is 12.5. The number of carbonyl (C=O) groups is 4. The van der Waals surface area contributed by atoms with Gasteiger partial charge < -0.3 is 34.2 Å². The van der Waals surface area contributed by atoms with Gasteiger partial charge in [-0.25, -0.2) is 9.59 Å². The molecule has 37 heavy (non-hydrogen) atoms. The second kappa shape index (κ2) is 16.4. The monoisotopic (exact) mass is 525 g/mol. The second-order valence-electron chi connectivity index (χ2n) is 8.59. The Balaban J connectivity index is 2.89. The molecule has 0 saturated carbocycles. The molecular weight excluding hydrogens is 486 g/mol. The van der Waals surface area contributed by atoms with Crippen molar-refractivity contribution in [3.05, 3.63) is 23.8 Å². The molecule has 208 valence electrons. The van der Waals surface area contributed by atoms with Crippen LogP contribution in [0.2, 0.25) is 0 Å². The van der Waals surface area contributed by atoms with Crippen molar-refractivity contribution in [3.8, 4) is 11.5 Å². The summed E-state index contributed by atoms with van der Waals surface area (Å²) in [7, 11) is 0. The zero-order valence-electron chi connectivity index (χ0n) is 22.4. The van der Waals surface area contributed by atoms with Crippen LogP contribution in [0.4, 0.5) is 9.59 Å². The van der Waals surface area contributed by atoms with Crippen LogP contribution < -0.4 is 15.2 Å². The number of esters is 2. The quantitative estimate of drug-likeness (QED) is 0.210. The van der Waals surface area contributed by atoms with Gasteiger partial charge in [0.15, 0.2) is 11.5 Å². The van der Waals surface area contributed by atoms with Crippen molar-refractivity contribution in [2.24, 2.45) is 11.7 Å². The highest BCUT2D eigenvalue weighted by Gasteiger charge is 2.26. The van der Waals surface area contributed by atoms with Crippen LogP contribution in [0.1, 0.15) is 66.4 Å². The molecule has 0 radical (unpaired) electrons. The van der Waals surface area contributed by atoms with Crippen molar-refractivity contribution in [2.75, 3.05) is 13.2 Å². The van der Waals surface area contributed by atoms with E-state index in [0.717, 1.165) is 0 Å². The third-order valence-corrected chi connectivity index (χ3v) is 5.28. The van der Waals surface area contributed by atoms with Gasteiger partial charge in [0.05, 0.1) is 19.1 Å². The molecule has 0 aliphatic rings. The fraction of sp³-hybridized carbons (Fsp3) is 0.615. The molecule has 0 aliphatic carbocycles. The number of hydrogen-bond donors (Lipinski definition) is 1. The maximum absolute atomic E-state index is 12.6. The Morgan fingerprint density at radius 1 is 0.784 bits per heavy atom. The van der Waals surface area contributed by atoms with Gasteiger partial charge in [0.2, 0.25) is 0 Å². The van der Waals surface area contributed by atoms with Gasteiger partial charge in [-0.1, -0.05) is 33.8 Å². The van der Waals surface area contributed by atoms with Crippen molar-refractivity contribution in [3.63, 3.8) is 0 Å². The molecule has 0 aromatic heterocycles. The summed E-state index contributed by atoms with van der Waals surface area (Å²) in [5.74, 6) is -1.50. The topological polar surface area (TPSA) is 150 Å². The average molecular weight is 526 g/mol. The standard InChI is InChI=1S/C26H39NO10/c1-7-12-32-25(30)36-21-11-10-19(15-22(21)37-26(31)33-13-8-2)14-20(27)24(29)35-18(6)17(5)34-23(28)16(4)9-3/h10-11,15-18,20H,7-9,12-14,27H2,1-6H3/t16?,17-,18-,20-/m0/s1. The lowest BCUT2D eigenvalue weighted by molar-refractivity contribution is -0.168. The largest absolute Gasteiger partial charge is 0.513 e. The second-order valence-corrected chi connectivity index (χ2v) is 8.59. The van der Waals surface area contributed by atoms with Crippen molar-refractivity contribution < 1.29 is 47.6 Å². The van der Waals surface area contributed by atoms with Crippen molar-refractivity contribution in [1.29, 1.82) is 0 Å². The first kappa shape index (κ1) is 31.7. The minimum Gasteiger partial charge on any atom is -0.459 e. The predicted molar refractivity (Wildman–Crippen MR) is 133 cm³/mol. The minimum absolute atomic E-state index is 0.0213. The molecular formula is C26H39NO10. The van der Waals surface area contributed by atoms with Crippen molar-refractivity contribution in [1.82, 2.24) is 0 Å². The number of hydrogen-bond acceptors (Lipinski definition) is 11. The van der Waals surface area contributed by atoms with Crippen LogP contribution in [0.25, 0.3) is 0 Å². The van der Waals surface area contributed by atoms with E-state index in [2.05, 4.69) is 0 Å². The zero-order valence-corrected chi connectivity index (χ0v) is 22.4. The van der Waals surface area contributed by atoms with E-state index in [4.69, 9.17) is 34.2 Å². The number of ether oxygens (including phenoxy) is 6. The van der Waals surface area contributed by atoms with Crippen LogP contribution in [0.15, 0.2) is 18.2 Å². The maximum atomic E-state index is 12.6. The highest BCUT2D eigenvalue weighted by Crippen LogP contribution is 2.30. The Labute approximate surface area is 217 Å². The predicted octanol–water partition coefficient (Wildman–Crippen LogP) is 4.32. The van der Waals surface area contributed by atoms with E-state index in [0.29, 0.717) is 24.8 Å². The average Bonchev–Trinajstić information content (AvgIpc) is 2.86. The molecule has 1 aromatic rings. The highest BCUT2D eigenvalue weighted by atomic mass is 16.7. The zero-order chi connectivity index (χ0) is 28.0. The number of nitrogens with two attached hydrogens (primary N) is 1. The van der Waals surface area contributed by atoms with E-state index in [-0.39, 0.29) is 43.0 Å². The van der Waals surface area contributed by atoms with Crippen molar-refractivity contribution >= 4 is 24.2 Å². The molecule has 11 nitrogen and oxygen atoms in total. The van der Waals surface area contributed by atoms with E-state index >= 15 is 0 Å². The lowest BCUT2D eigenvalue weighted by Gasteiger charge is -2.23. The SMILES string of the molecule is CCCOC(=O)Oc1ccc(C[C@H](N)C(=O)O[C@@H](C)[C@H](C)OC(=O)C(C)CC)cc1OC(=O)OCCC. The molecule has 1 rings (SSSR count). The summed E-state index contributed by atoms with van der Waals surface area (Å²) in [5, 5.41) is 0. The lowest BCUT2D eigenvalue weighted by atomic mass is 10.1. The molecule has 2 N–H and O–H groups in total. The fourth-order valence-electron chi connectivity index (χ4n) is 2.72. The molecule has 0 bridgehead atoms. The molecule has 4 atom stereocenters. The summed E-state index contributed by atoms with van der Waals surface area (Å²) in [6.07, 6.45) is -1.47. The smallest absolute Gasteiger partial charge is 0.459 e. The first-order chi connectivity index (χ1) is 17.5. The Hall–Kier alpha value is -3.34. The Kier molecular flexibility index (Phi) is 14.1. The highest BCUT2D eigenvalue weighted by molar-refractivity contribution is 5.76. The van der Waals surface area contributed by atoms with Gasteiger partial charge in [0.1, 0.15) is 18.2 Å². The maximum Gasteiger partial charge on any atom is 0.513 e. The van der Waals surface area contributed by atoms with Gasteiger partial charge >= 0.3 is 24.2 Å². The molecule has 0 fully saturated rings. The van der Waals surface area contributed by atoms with Crippen LogP contribution in [-0.4, -0.2) is 55.7 Å². The summed E-state index contributed by atoms with van der Waals surface area (Å²) < 4.78 is 30.9. The van der Waals surface area contributed by atoms with Gasteiger partial charge in [0, 0.05) is 0 Å². The molecule has 1 unspecified atom stereocenters. The van der Waals surface area contributed by atoms with Gasteiger partial charge in [-0.15, -0.1) is 0 Å².